The first kappa shape index (κ1) is 13.2. The van der Waals surface area contributed by atoms with Gasteiger partial charge < -0.3 is 0 Å². The van der Waals surface area contributed by atoms with Gasteiger partial charge in [-0.3, -0.25) is 0 Å². The fraction of sp³-hybridized carbons (Fsp3) is 0.200. The van der Waals surface area contributed by atoms with E-state index in [9.17, 15) is 8.42 Å². The molecule has 92 valence electrons. The number of halogens is 1. The van der Waals surface area contributed by atoms with Crippen molar-refractivity contribution in [2.75, 3.05) is 7.05 Å². The predicted octanol–water partition coefficient (Wildman–Crippen LogP) is 3.39. The average Bonchev–Trinajstić information content (AvgIpc) is 2.89. The van der Waals surface area contributed by atoms with E-state index in [1.807, 2.05) is 17.5 Å². The summed E-state index contributed by atoms with van der Waals surface area (Å²) in [4.78, 5) is 1.03. The van der Waals surface area contributed by atoms with E-state index in [-0.39, 0.29) is 0 Å². The maximum atomic E-state index is 12.3. The molecule has 7 heteroatoms. The van der Waals surface area contributed by atoms with Crippen LogP contribution in [0.25, 0.3) is 0 Å². The zero-order chi connectivity index (χ0) is 12.5. The Morgan fingerprint density at radius 3 is 2.59 bits per heavy atom. The lowest BCUT2D eigenvalue weighted by Gasteiger charge is -2.15. The minimum absolute atomic E-state index is 0.358. The van der Waals surface area contributed by atoms with Gasteiger partial charge >= 0.3 is 0 Å². The molecule has 0 saturated heterocycles. The highest BCUT2D eigenvalue weighted by Gasteiger charge is 2.24. The molecule has 17 heavy (non-hydrogen) atoms. The van der Waals surface area contributed by atoms with Crippen molar-refractivity contribution in [2.45, 2.75) is 10.8 Å². The van der Waals surface area contributed by atoms with Gasteiger partial charge in [0.15, 0.2) is 0 Å². The highest BCUT2D eigenvalue weighted by Crippen LogP contribution is 2.30. The molecule has 0 saturated carbocycles. The molecule has 2 aromatic rings. The molecule has 0 aliphatic rings. The van der Waals surface area contributed by atoms with E-state index in [1.54, 1.807) is 29.8 Å². The summed E-state index contributed by atoms with van der Waals surface area (Å²) in [6.45, 7) is 0.407. The van der Waals surface area contributed by atoms with Gasteiger partial charge in [0.1, 0.15) is 4.21 Å². The van der Waals surface area contributed by atoms with E-state index < -0.39 is 10.0 Å². The Hall–Kier alpha value is -0.210. The lowest BCUT2D eigenvalue weighted by atomic mass is 10.5. The number of hydrogen-bond donors (Lipinski definition) is 0. The van der Waals surface area contributed by atoms with Crippen LogP contribution in [-0.4, -0.2) is 19.8 Å². The first-order chi connectivity index (χ1) is 8.01. The molecule has 0 spiro atoms. The summed E-state index contributed by atoms with van der Waals surface area (Å²) in [6.07, 6.45) is 0. The van der Waals surface area contributed by atoms with Crippen LogP contribution in [0.5, 0.6) is 0 Å². The first-order valence-electron chi connectivity index (χ1n) is 4.73. The van der Waals surface area contributed by atoms with Crippen molar-refractivity contribution in [2.24, 2.45) is 0 Å². The Balaban J connectivity index is 2.25. The number of hydrogen-bond acceptors (Lipinski definition) is 4. The highest BCUT2D eigenvalue weighted by molar-refractivity contribution is 9.10. The summed E-state index contributed by atoms with van der Waals surface area (Å²) in [5.41, 5.74) is 0. The molecular formula is C10H10BrNO2S3. The molecule has 0 amide bonds. The summed E-state index contributed by atoms with van der Waals surface area (Å²) in [7, 11) is -1.79. The van der Waals surface area contributed by atoms with E-state index >= 15 is 0 Å². The third-order valence-electron chi connectivity index (χ3n) is 2.19. The van der Waals surface area contributed by atoms with Crippen LogP contribution in [0.15, 0.2) is 37.6 Å². The first-order valence-corrected chi connectivity index (χ1v) is 8.73. The summed E-state index contributed by atoms with van der Waals surface area (Å²) in [5.74, 6) is 0. The van der Waals surface area contributed by atoms with Gasteiger partial charge in [-0.25, -0.2) is 8.42 Å². The van der Waals surface area contributed by atoms with E-state index in [4.69, 9.17) is 0 Å². The second kappa shape index (κ2) is 5.19. The molecule has 0 atom stereocenters. The third-order valence-corrected chi connectivity index (χ3v) is 7.50. The smallest absolute Gasteiger partial charge is 0.206 e. The van der Waals surface area contributed by atoms with E-state index in [1.165, 1.54) is 15.6 Å². The van der Waals surface area contributed by atoms with Crippen LogP contribution in [-0.2, 0) is 16.6 Å². The Morgan fingerprint density at radius 2 is 2.06 bits per heavy atom. The van der Waals surface area contributed by atoms with Gasteiger partial charge in [-0.15, -0.1) is 22.7 Å². The molecule has 0 fully saturated rings. The van der Waals surface area contributed by atoms with Crippen LogP contribution < -0.4 is 0 Å². The van der Waals surface area contributed by atoms with Gasteiger partial charge in [-0.1, -0.05) is 6.07 Å². The van der Waals surface area contributed by atoms with Crippen LogP contribution in [0.3, 0.4) is 0 Å². The Bertz CT molecular complexity index is 589. The van der Waals surface area contributed by atoms with Gasteiger partial charge in [-0.05, 0) is 38.8 Å². The Labute approximate surface area is 117 Å². The zero-order valence-electron chi connectivity index (χ0n) is 8.96. The number of thiophene rings is 2. The van der Waals surface area contributed by atoms with Crippen molar-refractivity contribution < 1.29 is 8.42 Å². The predicted molar refractivity (Wildman–Crippen MR) is 75.0 cm³/mol. The summed E-state index contributed by atoms with van der Waals surface area (Å²) in [6, 6.07) is 5.60. The average molecular weight is 352 g/mol. The Morgan fingerprint density at radius 1 is 1.29 bits per heavy atom. The monoisotopic (exact) mass is 351 g/mol. The second-order valence-corrected chi connectivity index (χ2v) is 8.44. The highest BCUT2D eigenvalue weighted by atomic mass is 79.9. The molecule has 2 heterocycles. The topological polar surface area (TPSA) is 37.4 Å². The van der Waals surface area contributed by atoms with E-state index in [0.29, 0.717) is 15.2 Å². The molecule has 2 aromatic heterocycles. The van der Waals surface area contributed by atoms with Crippen LogP contribution in [0.4, 0.5) is 0 Å². The molecule has 0 aromatic carbocycles. The van der Waals surface area contributed by atoms with Crippen molar-refractivity contribution in [1.29, 1.82) is 0 Å². The van der Waals surface area contributed by atoms with Crippen molar-refractivity contribution in [3.8, 4) is 0 Å². The lowest BCUT2D eigenvalue weighted by molar-refractivity contribution is 0.471. The number of rotatable bonds is 4. The molecule has 0 radical (unpaired) electrons. The van der Waals surface area contributed by atoms with E-state index in [0.717, 1.165) is 4.88 Å². The molecule has 0 unspecified atom stereocenters. The fourth-order valence-corrected chi connectivity index (χ4v) is 5.80. The van der Waals surface area contributed by atoms with E-state index in [2.05, 4.69) is 15.9 Å². The third kappa shape index (κ3) is 2.79. The maximum absolute atomic E-state index is 12.3. The van der Waals surface area contributed by atoms with Crippen molar-refractivity contribution in [3.63, 3.8) is 0 Å². The van der Waals surface area contributed by atoms with Crippen LogP contribution in [0.1, 0.15) is 4.88 Å². The van der Waals surface area contributed by atoms with Crippen molar-refractivity contribution >= 4 is 48.6 Å². The van der Waals surface area contributed by atoms with Gasteiger partial charge in [0, 0.05) is 22.9 Å². The summed E-state index contributed by atoms with van der Waals surface area (Å²) < 4.78 is 26.9. The normalized spacial score (nSPS) is 12.2. The van der Waals surface area contributed by atoms with Crippen LogP contribution >= 0.6 is 38.6 Å². The molecule has 0 aliphatic heterocycles. The quantitative estimate of drug-likeness (QED) is 0.846. The van der Waals surface area contributed by atoms with Crippen LogP contribution in [0.2, 0.25) is 0 Å². The number of nitrogens with zero attached hydrogens (tertiary/aromatic N) is 1. The lowest BCUT2D eigenvalue weighted by Crippen LogP contribution is -2.25. The molecular weight excluding hydrogens is 342 g/mol. The van der Waals surface area contributed by atoms with Crippen molar-refractivity contribution in [3.05, 3.63) is 38.3 Å². The van der Waals surface area contributed by atoms with Gasteiger partial charge in [0.25, 0.3) is 10.0 Å². The second-order valence-electron chi connectivity index (χ2n) is 3.40. The standard InChI is InChI=1S/C10H10BrNO2S3/c1-12(7-8-3-2-5-15-8)17(13,14)10-9(11)4-6-16-10/h2-6H,7H2,1H3. The molecule has 0 aliphatic carbocycles. The largest absolute Gasteiger partial charge is 0.253 e. The maximum Gasteiger partial charge on any atom is 0.253 e. The minimum atomic E-state index is -3.39. The minimum Gasteiger partial charge on any atom is -0.206 e. The molecule has 3 nitrogen and oxygen atoms in total. The number of sulfonamides is 1. The fourth-order valence-electron chi connectivity index (χ4n) is 1.31. The molecule has 2 rings (SSSR count). The summed E-state index contributed by atoms with van der Waals surface area (Å²) >= 11 is 6.03. The van der Waals surface area contributed by atoms with Crippen molar-refractivity contribution in [1.82, 2.24) is 4.31 Å². The molecule has 0 bridgehead atoms. The van der Waals surface area contributed by atoms with Gasteiger partial charge in [0.05, 0.1) is 0 Å². The molecule has 0 N–H and O–H groups in total. The van der Waals surface area contributed by atoms with Gasteiger partial charge in [0.2, 0.25) is 0 Å². The Kier molecular flexibility index (Phi) is 4.04. The SMILES string of the molecule is CN(Cc1cccs1)S(=O)(=O)c1sccc1Br. The zero-order valence-corrected chi connectivity index (χ0v) is 13.0. The summed E-state index contributed by atoms with van der Waals surface area (Å²) in [5, 5.41) is 3.70. The van der Waals surface area contributed by atoms with Crippen LogP contribution in [0, 0.1) is 0 Å². The van der Waals surface area contributed by atoms with Gasteiger partial charge in [-0.2, -0.15) is 4.31 Å².